The molecule has 1 atom stereocenters. The van der Waals surface area contributed by atoms with Crippen molar-refractivity contribution in [3.8, 4) is 0 Å². The molecule has 0 aromatic heterocycles. The van der Waals surface area contributed by atoms with Crippen LogP contribution in [0.3, 0.4) is 0 Å². The summed E-state index contributed by atoms with van der Waals surface area (Å²) in [6.45, 7) is 20.4. The largest absolute Gasteiger partial charge is 0.513 e. The fourth-order valence-corrected chi connectivity index (χ4v) is 2.63. The van der Waals surface area contributed by atoms with Gasteiger partial charge in [0.2, 0.25) is 17.7 Å². The van der Waals surface area contributed by atoms with Crippen molar-refractivity contribution >= 4 is 17.7 Å². The minimum Gasteiger partial charge on any atom is -0.513 e. The molecule has 0 aliphatic carbocycles. The molecule has 0 saturated carbocycles. The molecular formula is C25H49N3O4. The SMILES string of the molecule is C=CC(CC/C=C(\C)O)NC(=O)CC(C)C.CC.CC.CCC(=O)N1CC(C(=O)NC)C1. The number of aliphatic hydroxyl groups excluding tert-OH is 1. The van der Waals surface area contributed by atoms with E-state index in [0.29, 0.717) is 37.6 Å². The van der Waals surface area contributed by atoms with Crippen LogP contribution in [0.4, 0.5) is 0 Å². The summed E-state index contributed by atoms with van der Waals surface area (Å²) in [4.78, 5) is 35.3. The molecule has 3 amide bonds. The predicted octanol–water partition coefficient (Wildman–Crippen LogP) is 4.60. The van der Waals surface area contributed by atoms with Crippen LogP contribution in [0, 0.1) is 11.8 Å². The van der Waals surface area contributed by atoms with E-state index in [-0.39, 0.29) is 29.7 Å². The van der Waals surface area contributed by atoms with Gasteiger partial charge in [-0.05, 0) is 31.8 Å². The molecule has 0 spiro atoms. The Balaban J connectivity index is -0.000000465. The number of likely N-dealkylation sites (tertiary alicyclic amines) is 1. The number of nitrogens with one attached hydrogen (secondary N) is 2. The van der Waals surface area contributed by atoms with Crippen LogP contribution in [0.15, 0.2) is 24.5 Å². The van der Waals surface area contributed by atoms with Gasteiger partial charge >= 0.3 is 0 Å². The molecule has 1 aliphatic rings. The van der Waals surface area contributed by atoms with Gasteiger partial charge in [0.05, 0.1) is 11.7 Å². The van der Waals surface area contributed by atoms with Crippen LogP contribution >= 0.6 is 0 Å². The third-order valence-corrected chi connectivity index (χ3v) is 4.30. The maximum atomic E-state index is 11.5. The second kappa shape index (κ2) is 21.9. The average molecular weight is 456 g/mol. The summed E-state index contributed by atoms with van der Waals surface area (Å²) in [5.41, 5.74) is 0. The lowest BCUT2D eigenvalue weighted by atomic mass is 9.99. The van der Waals surface area contributed by atoms with Crippen molar-refractivity contribution in [3.63, 3.8) is 0 Å². The standard InChI is InChI=1S/C13H23NO2.C8H14N2O2.2C2H6/c1-5-12(8-6-7-11(4)15)14-13(16)9-10(2)3;1-3-7(11)10-4-6(5-10)8(12)9-2;2*1-2/h5,7,10,12,15H,1,6,8-9H2,2-4H3,(H,14,16);6H,3-5H2,1-2H3,(H,9,12);2*1-2H3/b11-7+;;;. The molecule has 0 radical (unpaired) electrons. The number of carbonyl (C=O) groups excluding carboxylic acids is 3. The topological polar surface area (TPSA) is 98.7 Å². The Morgan fingerprint density at radius 3 is 2.06 bits per heavy atom. The van der Waals surface area contributed by atoms with Gasteiger partial charge in [-0.2, -0.15) is 0 Å². The summed E-state index contributed by atoms with van der Waals surface area (Å²) in [6, 6.07) is -0.0122. The van der Waals surface area contributed by atoms with Crippen LogP contribution < -0.4 is 10.6 Å². The van der Waals surface area contributed by atoms with Crippen molar-refractivity contribution in [2.45, 2.75) is 87.1 Å². The maximum Gasteiger partial charge on any atom is 0.226 e. The third kappa shape index (κ3) is 17.4. The van der Waals surface area contributed by atoms with Crippen LogP contribution in [0.5, 0.6) is 0 Å². The van der Waals surface area contributed by atoms with Gasteiger partial charge in [0, 0.05) is 39.0 Å². The predicted molar refractivity (Wildman–Crippen MR) is 134 cm³/mol. The highest BCUT2D eigenvalue weighted by atomic mass is 16.3. The molecule has 0 aromatic carbocycles. The summed E-state index contributed by atoms with van der Waals surface area (Å²) >= 11 is 0. The van der Waals surface area contributed by atoms with E-state index in [2.05, 4.69) is 17.2 Å². The molecule has 1 unspecified atom stereocenters. The Bertz CT molecular complexity index is 529. The Morgan fingerprint density at radius 2 is 1.69 bits per heavy atom. The van der Waals surface area contributed by atoms with E-state index in [4.69, 9.17) is 5.11 Å². The zero-order valence-corrected chi connectivity index (χ0v) is 22.0. The van der Waals surface area contributed by atoms with Crippen LogP contribution in [-0.2, 0) is 14.4 Å². The van der Waals surface area contributed by atoms with Crippen molar-refractivity contribution in [1.29, 1.82) is 0 Å². The fraction of sp³-hybridized carbons (Fsp3) is 0.720. The minimum atomic E-state index is -0.0122. The summed E-state index contributed by atoms with van der Waals surface area (Å²) in [6.07, 6.45) is 6.05. The van der Waals surface area contributed by atoms with E-state index in [1.807, 2.05) is 48.5 Å². The van der Waals surface area contributed by atoms with Crippen LogP contribution in [0.2, 0.25) is 0 Å². The summed E-state index contributed by atoms with van der Waals surface area (Å²) in [7, 11) is 1.62. The first-order valence-corrected chi connectivity index (χ1v) is 11.9. The smallest absolute Gasteiger partial charge is 0.226 e. The van der Waals surface area contributed by atoms with Gasteiger partial charge in [0.1, 0.15) is 0 Å². The highest BCUT2D eigenvalue weighted by Gasteiger charge is 2.34. The molecule has 32 heavy (non-hydrogen) atoms. The Morgan fingerprint density at radius 1 is 1.16 bits per heavy atom. The molecule has 3 N–H and O–H groups in total. The highest BCUT2D eigenvalue weighted by Crippen LogP contribution is 2.16. The molecular weight excluding hydrogens is 406 g/mol. The lowest BCUT2D eigenvalue weighted by Crippen LogP contribution is -2.55. The summed E-state index contributed by atoms with van der Waals surface area (Å²) in [5.74, 6) is 0.932. The molecule has 1 heterocycles. The van der Waals surface area contributed by atoms with Gasteiger partial charge in [-0.15, -0.1) is 6.58 Å². The number of allylic oxidation sites excluding steroid dienone is 2. The first-order chi connectivity index (χ1) is 15.1. The molecule has 188 valence electrons. The summed E-state index contributed by atoms with van der Waals surface area (Å²) < 4.78 is 0. The normalized spacial score (nSPS) is 13.6. The minimum absolute atomic E-state index is 0.0122. The number of amides is 3. The van der Waals surface area contributed by atoms with E-state index in [1.54, 1.807) is 31.0 Å². The zero-order valence-electron chi connectivity index (χ0n) is 22.0. The quantitative estimate of drug-likeness (QED) is 0.349. The molecule has 0 bridgehead atoms. The van der Waals surface area contributed by atoms with Crippen molar-refractivity contribution in [2.75, 3.05) is 20.1 Å². The molecule has 1 aliphatic heterocycles. The number of aliphatic hydroxyl groups is 1. The van der Waals surface area contributed by atoms with Gasteiger partial charge in [-0.3, -0.25) is 14.4 Å². The van der Waals surface area contributed by atoms with Crippen LogP contribution in [0.1, 0.15) is 81.1 Å². The second-order valence-corrected chi connectivity index (χ2v) is 7.39. The second-order valence-electron chi connectivity index (χ2n) is 7.39. The number of rotatable bonds is 9. The zero-order chi connectivity index (χ0) is 25.7. The molecule has 0 aromatic rings. The fourth-order valence-electron chi connectivity index (χ4n) is 2.63. The van der Waals surface area contributed by atoms with Crippen LogP contribution in [-0.4, -0.2) is 53.9 Å². The number of nitrogens with zero attached hydrogens (tertiary/aromatic N) is 1. The average Bonchev–Trinajstić information content (AvgIpc) is 2.74. The lowest BCUT2D eigenvalue weighted by Gasteiger charge is -2.37. The molecule has 1 rings (SSSR count). The van der Waals surface area contributed by atoms with Crippen molar-refractivity contribution in [3.05, 3.63) is 24.5 Å². The monoisotopic (exact) mass is 455 g/mol. The van der Waals surface area contributed by atoms with Gasteiger partial charge in [0.15, 0.2) is 0 Å². The van der Waals surface area contributed by atoms with Gasteiger partial charge in [0.25, 0.3) is 0 Å². The molecule has 1 fully saturated rings. The van der Waals surface area contributed by atoms with Crippen molar-refractivity contribution < 1.29 is 19.5 Å². The number of carbonyl (C=O) groups is 3. The highest BCUT2D eigenvalue weighted by molar-refractivity contribution is 5.84. The molecule has 1 saturated heterocycles. The van der Waals surface area contributed by atoms with E-state index in [0.717, 1.165) is 12.8 Å². The summed E-state index contributed by atoms with van der Waals surface area (Å²) in [5, 5.41) is 14.5. The lowest BCUT2D eigenvalue weighted by molar-refractivity contribution is -0.142. The van der Waals surface area contributed by atoms with E-state index < -0.39 is 0 Å². The van der Waals surface area contributed by atoms with Gasteiger partial charge in [-0.1, -0.05) is 54.5 Å². The van der Waals surface area contributed by atoms with Crippen molar-refractivity contribution in [2.24, 2.45) is 11.8 Å². The maximum absolute atomic E-state index is 11.5. The van der Waals surface area contributed by atoms with Crippen molar-refractivity contribution in [1.82, 2.24) is 15.5 Å². The third-order valence-electron chi connectivity index (χ3n) is 4.30. The van der Waals surface area contributed by atoms with E-state index in [9.17, 15) is 14.4 Å². The molecule has 7 nitrogen and oxygen atoms in total. The first-order valence-electron chi connectivity index (χ1n) is 11.9. The Hall–Kier alpha value is -2.31. The number of hydrogen-bond acceptors (Lipinski definition) is 4. The number of hydrogen-bond donors (Lipinski definition) is 3. The first kappa shape index (κ1) is 34.3. The van der Waals surface area contributed by atoms with E-state index in [1.165, 1.54) is 0 Å². The molecule has 7 heteroatoms. The van der Waals surface area contributed by atoms with E-state index >= 15 is 0 Å². The van der Waals surface area contributed by atoms with Gasteiger partial charge < -0.3 is 20.6 Å². The van der Waals surface area contributed by atoms with Crippen LogP contribution in [0.25, 0.3) is 0 Å². The Labute approximate surface area is 196 Å². The van der Waals surface area contributed by atoms with Gasteiger partial charge in [-0.25, -0.2) is 0 Å². The Kier molecular flexibility index (Phi) is 23.5.